The zero-order valence-electron chi connectivity index (χ0n) is 19.8. The molecule has 8 heteroatoms. The Morgan fingerprint density at radius 2 is 2.09 bits per heavy atom. The third-order valence-electron chi connectivity index (χ3n) is 6.98. The minimum Gasteiger partial charge on any atom is -0.493 e. The Hall–Kier alpha value is -2.97. The topological polar surface area (TPSA) is 71.5 Å². The average Bonchev–Trinajstić information content (AvgIpc) is 3.34. The lowest BCUT2D eigenvalue weighted by Gasteiger charge is -2.37. The molecule has 1 aromatic heterocycles. The standard InChI is InChI=1S/C26H32FN5O2/c1-17-11-19(6-7-21(17)27)31-26-20-12-25(24(33-2)13-22(20)29-16-30-26)34-10-4-9-32-8-3-5-18-14-28-15-23(18)32/h6-7,11-13,16,18,23,28H,3-5,8-10,14-15H2,1-2H3,(H,29,30,31). The van der Waals surface area contributed by atoms with Gasteiger partial charge in [-0.15, -0.1) is 0 Å². The molecule has 0 amide bonds. The van der Waals surface area contributed by atoms with E-state index in [0.29, 0.717) is 35.5 Å². The molecule has 0 aliphatic carbocycles. The zero-order chi connectivity index (χ0) is 23.5. The highest BCUT2D eigenvalue weighted by Crippen LogP contribution is 2.35. The van der Waals surface area contributed by atoms with E-state index >= 15 is 0 Å². The van der Waals surface area contributed by atoms with E-state index in [1.165, 1.54) is 31.8 Å². The number of anilines is 2. The van der Waals surface area contributed by atoms with Crippen molar-refractivity contribution in [1.82, 2.24) is 20.2 Å². The first-order valence-electron chi connectivity index (χ1n) is 12.1. The summed E-state index contributed by atoms with van der Waals surface area (Å²) in [4.78, 5) is 11.4. The lowest BCUT2D eigenvalue weighted by atomic mass is 9.92. The Morgan fingerprint density at radius 1 is 1.18 bits per heavy atom. The van der Waals surface area contributed by atoms with Gasteiger partial charge in [0.15, 0.2) is 11.5 Å². The van der Waals surface area contributed by atoms with Crippen molar-refractivity contribution in [3.63, 3.8) is 0 Å². The van der Waals surface area contributed by atoms with Crippen LogP contribution in [0.1, 0.15) is 24.8 Å². The molecule has 5 rings (SSSR count). The summed E-state index contributed by atoms with van der Waals surface area (Å²) in [5, 5.41) is 7.65. The van der Waals surface area contributed by atoms with Gasteiger partial charge in [0.2, 0.25) is 0 Å². The molecular formula is C26H32FN5O2. The molecule has 3 aromatic rings. The number of halogens is 1. The molecule has 2 saturated heterocycles. The van der Waals surface area contributed by atoms with Crippen molar-refractivity contribution in [2.75, 3.05) is 45.2 Å². The largest absolute Gasteiger partial charge is 0.493 e. The van der Waals surface area contributed by atoms with E-state index in [0.717, 1.165) is 48.6 Å². The lowest BCUT2D eigenvalue weighted by Crippen LogP contribution is -2.45. The first kappa shape index (κ1) is 22.8. The van der Waals surface area contributed by atoms with Gasteiger partial charge in [-0.1, -0.05) is 0 Å². The average molecular weight is 466 g/mol. The first-order chi connectivity index (χ1) is 16.6. The number of aryl methyl sites for hydroxylation is 1. The monoisotopic (exact) mass is 465 g/mol. The number of fused-ring (bicyclic) bond motifs is 2. The smallest absolute Gasteiger partial charge is 0.162 e. The highest BCUT2D eigenvalue weighted by atomic mass is 19.1. The fourth-order valence-electron chi connectivity index (χ4n) is 5.19. The minimum absolute atomic E-state index is 0.234. The molecule has 2 aliphatic heterocycles. The lowest BCUT2D eigenvalue weighted by molar-refractivity contribution is 0.116. The highest BCUT2D eigenvalue weighted by Gasteiger charge is 2.34. The Kier molecular flexibility index (Phi) is 6.78. The van der Waals surface area contributed by atoms with Crippen LogP contribution in [0.2, 0.25) is 0 Å². The van der Waals surface area contributed by atoms with Crippen molar-refractivity contribution in [3.05, 3.63) is 48.0 Å². The molecule has 3 heterocycles. The fourth-order valence-corrected chi connectivity index (χ4v) is 5.19. The van der Waals surface area contributed by atoms with Crippen LogP contribution in [0.5, 0.6) is 11.5 Å². The molecule has 0 bridgehead atoms. The first-order valence-corrected chi connectivity index (χ1v) is 12.1. The molecule has 2 fully saturated rings. The van der Waals surface area contributed by atoms with Crippen molar-refractivity contribution in [2.24, 2.45) is 5.92 Å². The number of methoxy groups -OCH3 is 1. The molecule has 2 N–H and O–H groups in total. The third-order valence-corrected chi connectivity index (χ3v) is 6.98. The third kappa shape index (κ3) is 4.79. The van der Waals surface area contributed by atoms with Gasteiger partial charge >= 0.3 is 0 Å². The maximum atomic E-state index is 13.7. The van der Waals surface area contributed by atoms with Crippen molar-refractivity contribution in [2.45, 2.75) is 32.2 Å². The number of nitrogens with one attached hydrogen (secondary N) is 2. The van der Waals surface area contributed by atoms with Crippen LogP contribution < -0.4 is 20.1 Å². The van der Waals surface area contributed by atoms with E-state index in [2.05, 4.69) is 25.5 Å². The van der Waals surface area contributed by atoms with Crippen molar-refractivity contribution < 1.29 is 13.9 Å². The molecule has 0 radical (unpaired) electrons. The van der Waals surface area contributed by atoms with Gasteiger partial charge in [0.1, 0.15) is 18.0 Å². The van der Waals surface area contributed by atoms with E-state index in [-0.39, 0.29) is 5.82 Å². The summed E-state index contributed by atoms with van der Waals surface area (Å²) in [5.41, 5.74) is 2.08. The Balaban J connectivity index is 1.29. The van der Waals surface area contributed by atoms with Crippen LogP contribution in [0.3, 0.4) is 0 Å². The molecule has 34 heavy (non-hydrogen) atoms. The molecule has 0 spiro atoms. The quantitative estimate of drug-likeness (QED) is 0.481. The van der Waals surface area contributed by atoms with Gasteiger partial charge in [0, 0.05) is 36.3 Å². The summed E-state index contributed by atoms with van der Waals surface area (Å²) < 4.78 is 25.4. The SMILES string of the molecule is COc1cc2ncnc(Nc3ccc(F)c(C)c3)c2cc1OCCCN1CCCC2CNCC21. The number of hydrogen-bond donors (Lipinski definition) is 2. The van der Waals surface area contributed by atoms with Gasteiger partial charge in [-0.25, -0.2) is 14.4 Å². The van der Waals surface area contributed by atoms with Gasteiger partial charge in [0.05, 0.1) is 19.2 Å². The second kappa shape index (κ2) is 10.1. The Morgan fingerprint density at radius 3 is 2.94 bits per heavy atom. The van der Waals surface area contributed by atoms with Crippen LogP contribution in [0.4, 0.5) is 15.9 Å². The summed E-state index contributed by atoms with van der Waals surface area (Å²) >= 11 is 0. The van der Waals surface area contributed by atoms with Crippen molar-refractivity contribution in [3.8, 4) is 11.5 Å². The number of benzene rings is 2. The predicted molar refractivity (Wildman–Crippen MR) is 132 cm³/mol. The summed E-state index contributed by atoms with van der Waals surface area (Å²) in [7, 11) is 1.64. The maximum Gasteiger partial charge on any atom is 0.162 e. The fraction of sp³-hybridized carbons (Fsp3) is 0.462. The van der Waals surface area contributed by atoms with Crippen LogP contribution in [-0.2, 0) is 0 Å². The van der Waals surface area contributed by atoms with E-state index in [1.54, 1.807) is 26.2 Å². The summed E-state index contributed by atoms with van der Waals surface area (Å²) in [5.74, 6) is 2.51. The van der Waals surface area contributed by atoms with Gasteiger partial charge in [-0.05, 0) is 75.0 Å². The van der Waals surface area contributed by atoms with Crippen molar-refractivity contribution >= 4 is 22.4 Å². The number of aromatic nitrogens is 2. The molecule has 2 aliphatic rings. The summed E-state index contributed by atoms with van der Waals surface area (Å²) in [6, 6.07) is 9.37. The van der Waals surface area contributed by atoms with Gasteiger partial charge in [-0.2, -0.15) is 0 Å². The molecular weight excluding hydrogens is 433 g/mol. The molecule has 7 nitrogen and oxygen atoms in total. The second-order valence-corrected chi connectivity index (χ2v) is 9.20. The van der Waals surface area contributed by atoms with Crippen LogP contribution in [0.25, 0.3) is 10.9 Å². The maximum absolute atomic E-state index is 13.7. The molecule has 0 saturated carbocycles. The Bertz CT molecular complexity index is 1160. The number of rotatable bonds is 8. The highest BCUT2D eigenvalue weighted by molar-refractivity contribution is 5.93. The number of piperidine rings is 1. The van der Waals surface area contributed by atoms with Crippen molar-refractivity contribution in [1.29, 1.82) is 0 Å². The normalized spacial score (nSPS) is 20.3. The van der Waals surface area contributed by atoms with Crippen LogP contribution >= 0.6 is 0 Å². The number of nitrogens with zero attached hydrogens (tertiary/aromatic N) is 3. The second-order valence-electron chi connectivity index (χ2n) is 9.20. The number of likely N-dealkylation sites (tertiary alicyclic amines) is 1. The predicted octanol–water partition coefficient (Wildman–Crippen LogP) is 4.28. The van der Waals surface area contributed by atoms with Gasteiger partial charge in [-0.3, -0.25) is 4.90 Å². The van der Waals surface area contributed by atoms with Gasteiger partial charge in [0.25, 0.3) is 0 Å². The Labute approximate surface area is 199 Å². The molecule has 2 aromatic carbocycles. The summed E-state index contributed by atoms with van der Waals surface area (Å²) in [6.07, 6.45) is 5.08. The van der Waals surface area contributed by atoms with E-state index in [1.807, 2.05) is 12.1 Å². The molecule has 180 valence electrons. The molecule has 2 unspecified atom stereocenters. The van der Waals surface area contributed by atoms with Crippen LogP contribution in [0.15, 0.2) is 36.7 Å². The van der Waals surface area contributed by atoms with Crippen LogP contribution in [-0.4, -0.2) is 60.8 Å². The van der Waals surface area contributed by atoms with Gasteiger partial charge < -0.3 is 20.1 Å². The van der Waals surface area contributed by atoms with E-state index in [9.17, 15) is 4.39 Å². The zero-order valence-corrected chi connectivity index (χ0v) is 19.8. The van der Waals surface area contributed by atoms with E-state index in [4.69, 9.17) is 9.47 Å². The number of hydrogen-bond acceptors (Lipinski definition) is 7. The molecule has 2 atom stereocenters. The van der Waals surface area contributed by atoms with Crippen LogP contribution in [0, 0.1) is 18.7 Å². The van der Waals surface area contributed by atoms with E-state index < -0.39 is 0 Å². The number of ether oxygens (including phenoxy) is 2. The summed E-state index contributed by atoms with van der Waals surface area (Å²) in [6.45, 7) is 6.82. The minimum atomic E-state index is -0.234.